The van der Waals surface area contributed by atoms with Gasteiger partial charge in [0, 0.05) is 12.7 Å². The molecule has 0 saturated carbocycles. The number of rotatable bonds is 4. The number of nitrogens with one attached hydrogen (secondary N) is 1. The van der Waals surface area contributed by atoms with E-state index in [9.17, 15) is 9.59 Å². The summed E-state index contributed by atoms with van der Waals surface area (Å²) < 4.78 is 4.94. The number of carboxylic acids is 1. The predicted octanol–water partition coefficient (Wildman–Crippen LogP) is 0.982. The maximum absolute atomic E-state index is 11.9. The molecule has 1 amide bonds. The highest BCUT2D eigenvalue weighted by atomic mass is 16.5. The molecule has 1 atom stereocenters. The molecule has 2 heterocycles. The monoisotopic (exact) mass is 263 g/mol. The van der Waals surface area contributed by atoms with E-state index in [2.05, 4.69) is 15.5 Å². The van der Waals surface area contributed by atoms with Crippen molar-refractivity contribution in [2.75, 3.05) is 6.54 Å². The van der Waals surface area contributed by atoms with Crippen LogP contribution in [-0.4, -0.2) is 33.7 Å². The molecule has 2 N–H and O–H groups in total. The Labute approximate surface area is 108 Å². The molecule has 7 nitrogen and oxygen atoms in total. The van der Waals surface area contributed by atoms with Crippen molar-refractivity contribution in [3.8, 4) is 0 Å². The standard InChI is InChI=1S/C12H13N3O4/c1-6(12(17)18)4-13-10(16)8-3-9-7(2)15-19-11(9)14-5-8/h3,5-6H,4H2,1-2H3,(H,13,16)(H,17,18). The number of fused-ring (bicyclic) bond motifs is 1. The lowest BCUT2D eigenvalue weighted by Gasteiger charge is -2.08. The summed E-state index contributed by atoms with van der Waals surface area (Å²) in [5, 5.41) is 15.7. The summed E-state index contributed by atoms with van der Waals surface area (Å²) in [5.74, 6) is -1.97. The number of carboxylic acid groups (broad SMARTS) is 1. The topological polar surface area (TPSA) is 105 Å². The summed E-state index contributed by atoms with van der Waals surface area (Å²) >= 11 is 0. The van der Waals surface area contributed by atoms with Crippen LogP contribution in [0.5, 0.6) is 0 Å². The minimum absolute atomic E-state index is 0.0643. The minimum atomic E-state index is -0.955. The van der Waals surface area contributed by atoms with Gasteiger partial charge in [-0.1, -0.05) is 12.1 Å². The Bertz CT molecular complexity index is 635. The zero-order valence-electron chi connectivity index (χ0n) is 10.5. The highest BCUT2D eigenvalue weighted by molar-refractivity contribution is 5.97. The highest BCUT2D eigenvalue weighted by Gasteiger charge is 2.15. The molecule has 7 heteroatoms. The van der Waals surface area contributed by atoms with Crippen molar-refractivity contribution in [3.05, 3.63) is 23.5 Å². The van der Waals surface area contributed by atoms with Gasteiger partial charge in [0.15, 0.2) is 0 Å². The highest BCUT2D eigenvalue weighted by Crippen LogP contribution is 2.16. The second-order valence-corrected chi connectivity index (χ2v) is 4.29. The molecule has 0 spiro atoms. The van der Waals surface area contributed by atoms with E-state index in [1.165, 1.54) is 13.1 Å². The summed E-state index contributed by atoms with van der Waals surface area (Å²) in [6.45, 7) is 3.34. The number of carbonyl (C=O) groups excluding carboxylic acids is 1. The lowest BCUT2D eigenvalue weighted by atomic mass is 10.1. The van der Waals surface area contributed by atoms with Gasteiger partial charge in [-0.15, -0.1) is 0 Å². The first-order chi connectivity index (χ1) is 8.99. The smallest absolute Gasteiger partial charge is 0.308 e. The Kier molecular flexibility index (Phi) is 3.46. The van der Waals surface area contributed by atoms with Gasteiger partial charge in [-0.3, -0.25) is 9.59 Å². The van der Waals surface area contributed by atoms with Gasteiger partial charge >= 0.3 is 5.97 Å². The first-order valence-electron chi connectivity index (χ1n) is 5.72. The third-order valence-corrected chi connectivity index (χ3v) is 2.76. The average Bonchev–Trinajstić information content (AvgIpc) is 2.76. The first kappa shape index (κ1) is 13.0. The van der Waals surface area contributed by atoms with Gasteiger partial charge in [0.25, 0.3) is 11.6 Å². The minimum Gasteiger partial charge on any atom is -0.481 e. The van der Waals surface area contributed by atoms with Crippen molar-refractivity contribution < 1.29 is 19.2 Å². The van der Waals surface area contributed by atoms with Gasteiger partial charge in [-0.25, -0.2) is 4.98 Å². The fourth-order valence-electron chi connectivity index (χ4n) is 1.50. The molecule has 1 unspecified atom stereocenters. The maximum Gasteiger partial charge on any atom is 0.308 e. The second kappa shape index (κ2) is 5.05. The van der Waals surface area contributed by atoms with Gasteiger partial charge < -0.3 is 14.9 Å². The number of pyridine rings is 1. The molecule has 0 bridgehead atoms. The molecule has 2 aromatic heterocycles. The Balaban J connectivity index is 2.13. The van der Waals surface area contributed by atoms with Crippen LogP contribution in [0.4, 0.5) is 0 Å². The Morgan fingerprint density at radius 2 is 2.26 bits per heavy atom. The van der Waals surface area contributed by atoms with E-state index in [4.69, 9.17) is 9.63 Å². The number of aromatic nitrogens is 2. The average molecular weight is 263 g/mol. The predicted molar refractivity (Wildman–Crippen MR) is 65.7 cm³/mol. The van der Waals surface area contributed by atoms with Crippen LogP contribution < -0.4 is 5.32 Å². The molecule has 0 aromatic carbocycles. The van der Waals surface area contributed by atoms with Gasteiger partial charge in [0.2, 0.25) is 0 Å². The van der Waals surface area contributed by atoms with Crippen LogP contribution in [0, 0.1) is 12.8 Å². The number of nitrogens with zero attached hydrogens (tertiary/aromatic N) is 2. The third-order valence-electron chi connectivity index (χ3n) is 2.76. The molecule has 2 rings (SSSR count). The zero-order chi connectivity index (χ0) is 14.0. The van der Waals surface area contributed by atoms with Crippen molar-refractivity contribution in [2.24, 2.45) is 5.92 Å². The normalized spacial score (nSPS) is 12.3. The van der Waals surface area contributed by atoms with Gasteiger partial charge in [0.05, 0.1) is 22.6 Å². The Morgan fingerprint density at radius 1 is 1.53 bits per heavy atom. The van der Waals surface area contributed by atoms with Crippen LogP contribution >= 0.6 is 0 Å². The van der Waals surface area contributed by atoms with Gasteiger partial charge in [0.1, 0.15) is 0 Å². The fourth-order valence-corrected chi connectivity index (χ4v) is 1.50. The largest absolute Gasteiger partial charge is 0.481 e. The molecule has 100 valence electrons. The summed E-state index contributed by atoms with van der Waals surface area (Å²) in [6.07, 6.45) is 1.37. The zero-order valence-corrected chi connectivity index (χ0v) is 10.5. The Hall–Kier alpha value is -2.44. The third kappa shape index (κ3) is 2.70. The van der Waals surface area contributed by atoms with Crippen LogP contribution in [0.25, 0.3) is 11.1 Å². The molecule has 0 radical (unpaired) electrons. The van der Waals surface area contributed by atoms with Crippen molar-refractivity contribution in [1.29, 1.82) is 0 Å². The van der Waals surface area contributed by atoms with Crippen molar-refractivity contribution in [2.45, 2.75) is 13.8 Å². The number of aliphatic carboxylic acids is 1. The fraction of sp³-hybridized carbons (Fsp3) is 0.333. The second-order valence-electron chi connectivity index (χ2n) is 4.29. The van der Waals surface area contributed by atoms with E-state index in [1.807, 2.05) is 0 Å². The number of hydrogen-bond acceptors (Lipinski definition) is 5. The number of hydrogen-bond donors (Lipinski definition) is 2. The summed E-state index contributed by atoms with van der Waals surface area (Å²) in [5.41, 5.74) is 1.36. The van der Waals surface area contributed by atoms with Crippen LogP contribution in [-0.2, 0) is 4.79 Å². The van der Waals surface area contributed by atoms with Crippen LogP contribution in [0.1, 0.15) is 23.0 Å². The van der Waals surface area contributed by atoms with E-state index in [0.29, 0.717) is 22.4 Å². The van der Waals surface area contributed by atoms with E-state index in [0.717, 1.165) is 0 Å². The van der Waals surface area contributed by atoms with Gasteiger partial charge in [-0.2, -0.15) is 0 Å². The van der Waals surface area contributed by atoms with Crippen molar-refractivity contribution in [1.82, 2.24) is 15.5 Å². The molecule has 2 aromatic rings. The Morgan fingerprint density at radius 3 is 2.95 bits per heavy atom. The van der Waals surface area contributed by atoms with E-state index >= 15 is 0 Å². The molecule has 0 aliphatic carbocycles. The van der Waals surface area contributed by atoms with E-state index < -0.39 is 11.9 Å². The van der Waals surface area contributed by atoms with Crippen molar-refractivity contribution in [3.63, 3.8) is 0 Å². The molecule has 0 aliphatic heterocycles. The molecular weight excluding hydrogens is 250 g/mol. The first-order valence-corrected chi connectivity index (χ1v) is 5.72. The molecular formula is C12H13N3O4. The van der Waals surface area contributed by atoms with Crippen molar-refractivity contribution >= 4 is 23.0 Å². The SMILES string of the molecule is Cc1noc2ncc(C(=O)NCC(C)C(=O)O)cc12. The molecule has 0 fully saturated rings. The summed E-state index contributed by atoms with van der Waals surface area (Å²) in [4.78, 5) is 26.5. The molecule has 0 saturated heterocycles. The number of amides is 1. The lowest BCUT2D eigenvalue weighted by molar-refractivity contribution is -0.140. The van der Waals surface area contributed by atoms with Crippen LogP contribution in [0.3, 0.4) is 0 Å². The summed E-state index contributed by atoms with van der Waals surface area (Å²) in [7, 11) is 0. The number of aryl methyl sites for hydroxylation is 1. The summed E-state index contributed by atoms with van der Waals surface area (Å²) in [6, 6.07) is 1.62. The van der Waals surface area contributed by atoms with Gasteiger partial charge in [-0.05, 0) is 13.0 Å². The molecule has 19 heavy (non-hydrogen) atoms. The lowest BCUT2D eigenvalue weighted by Crippen LogP contribution is -2.31. The van der Waals surface area contributed by atoms with Crippen LogP contribution in [0.15, 0.2) is 16.8 Å². The molecule has 0 aliphatic rings. The van der Waals surface area contributed by atoms with Crippen LogP contribution in [0.2, 0.25) is 0 Å². The van der Waals surface area contributed by atoms with E-state index in [1.54, 1.807) is 13.0 Å². The number of carbonyl (C=O) groups is 2. The quantitative estimate of drug-likeness (QED) is 0.851. The maximum atomic E-state index is 11.9. The van der Waals surface area contributed by atoms with E-state index in [-0.39, 0.29) is 12.5 Å².